The molecule has 150 valence electrons. The van der Waals surface area contributed by atoms with Crippen LogP contribution in [0.15, 0.2) is 34.0 Å². The molecule has 1 aromatic heterocycles. The zero-order chi connectivity index (χ0) is 20.1. The minimum absolute atomic E-state index is 0.0366. The lowest BCUT2D eigenvalue weighted by Crippen LogP contribution is -2.31. The topological polar surface area (TPSA) is 34.9 Å². The van der Waals surface area contributed by atoms with Crippen molar-refractivity contribution in [3.63, 3.8) is 0 Å². The maximum Gasteiger partial charge on any atom is 0.391 e. The molecule has 4 rings (SSSR count). The van der Waals surface area contributed by atoms with Gasteiger partial charge in [0.2, 0.25) is 0 Å². The van der Waals surface area contributed by atoms with E-state index in [2.05, 4.69) is 0 Å². The van der Waals surface area contributed by atoms with E-state index in [9.17, 15) is 22.4 Å². The van der Waals surface area contributed by atoms with Crippen molar-refractivity contribution in [1.82, 2.24) is 9.55 Å². The summed E-state index contributed by atoms with van der Waals surface area (Å²) in [5, 5.41) is 0. The molecule has 0 saturated heterocycles. The van der Waals surface area contributed by atoms with Gasteiger partial charge in [0.25, 0.3) is 5.56 Å². The molecule has 2 aliphatic rings. The van der Waals surface area contributed by atoms with Crippen LogP contribution in [-0.4, -0.2) is 21.5 Å². The van der Waals surface area contributed by atoms with E-state index in [1.165, 1.54) is 40.6 Å². The number of hydrogen-bond donors (Lipinski definition) is 0. The summed E-state index contributed by atoms with van der Waals surface area (Å²) >= 11 is 1.46. The third-order valence-electron chi connectivity index (χ3n) is 5.68. The van der Waals surface area contributed by atoms with Gasteiger partial charge >= 0.3 is 6.18 Å². The molecular weight excluding hydrogens is 392 g/mol. The average Bonchev–Trinajstić information content (AvgIpc) is 3.03. The summed E-state index contributed by atoms with van der Waals surface area (Å²) in [7, 11) is 0. The fourth-order valence-electron chi connectivity index (χ4n) is 4.09. The van der Waals surface area contributed by atoms with Crippen LogP contribution in [0, 0.1) is 11.7 Å². The quantitative estimate of drug-likeness (QED) is 0.618. The Labute approximate surface area is 164 Å². The molecular formula is C20H20F4N2OS. The van der Waals surface area contributed by atoms with E-state index in [-0.39, 0.29) is 30.2 Å². The van der Waals surface area contributed by atoms with E-state index < -0.39 is 17.9 Å². The highest BCUT2D eigenvalue weighted by molar-refractivity contribution is 7.99. The summed E-state index contributed by atoms with van der Waals surface area (Å²) in [6, 6.07) is 5.57. The Morgan fingerprint density at radius 3 is 2.36 bits per heavy atom. The standard InChI is InChI=1S/C20H20F4N2OS/c1-11-10-28-17-16(11)25-18(12-2-4-13(5-3-12)20(22,23)24)26(19(17)27)15-8-6-14(21)7-9-15/h6-9,11-13H,2-5,10H2,1H3. The summed E-state index contributed by atoms with van der Waals surface area (Å²) < 4.78 is 54.0. The van der Waals surface area contributed by atoms with E-state index in [0.717, 1.165) is 11.4 Å². The molecule has 1 aliphatic heterocycles. The number of benzene rings is 1. The molecule has 1 unspecified atom stereocenters. The molecule has 28 heavy (non-hydrogen) atoms. The number of fused-ring (bicyclic) bond motifs is 1. The van der Waals surface area contributed by atoms with Gasteiger partial charge in [-0.05, 0) is 49.9 Å². The van der Waals surface area contributed by atoms with E-state index in [4.69, 9.17) is 4.98 Å². The Hall–Kier alpha value is -1.83. The molecule has 0 amide bonds. The normalized spacial score (nSPS) is 25.0. The Morgan fingerprint density at radius 1 is 1.11 bits per heavy atom. The fourth-order valence-corrected chi connectivity index (χ4v) is 5.27. The van der Waals surface area contributed by atoms with Crippen LogP contribution in [-0.2, 0) is 0 Å². The number of rotatable bonds is 2. The molecule has 0 N–H and O–H groups in total. The Balaban J connectivity index is 1.78. The third-order valence-corrected chi connectivity index (χ3v) is 7.02. The molecule has 1 aliphatic carbocycles. The first-order valence-electron chi connectivity index (χ1n) is 9.38. The molecule has 1 fully saturated rings. The number of aromatic nitrogens is 2. The Bertz CT molecular complexity index is 931. The highest BCUT2D eigenvalue weighted by Gasteiger charge is 2.42. The van der Waals surface area contributed by atoms with Crippen LogP contribution in [0.4, 0.5) is 17.6 Å². The third kappa shape index (κ3) is 3.47. The van der Waals surface area contributed by atoms with Gasteiger partial charge < -0.3 is 0 Å². The van der Waals surface area contributed by atoms with Gasteiger partial charge in [-0.25, -0.2) is 9.37 Å². The number of alkyl halides is 3. The van der Waals surface area contributed by atoms with Crippen molar-refractivity contribution in [2.45, 2.75) is 55.5 Å². The predicted octanol–water partition coefficient (Wildman–Crippen LogP) is 5.42. The van der Waals surface area contributed by atoms with E-state index >= 15 is 0 Å². The molecule has 1 atom stereocenters. The van der Waals surface area contributed by atoms with Gasteiger partial charge in [-0.2, -0.15) is 13.2 Å². The average molecular weight is 412 g/mol. The van der Waals surface area contributed by atoms with Crippen LogP contribution in [0.2, 0.25) is 0 Å². The van der Waals surface area contributed by atoms with Crippen molar-refractivity contribution in [3.8, 4) is 5.69 Å². The van der Waals surface area contributed by atoms with Crippen molar-refractivity contribution in [2.75, 3.05) is 5.75 Å². The van der Waals surface area contributed by atoms with E-state index in [0.29, 0.717) is 29.2 Å². The summed E-state index contributed by atoms with van der Waals surface area (Å²) in [6.45, 7) is 2.00. The number of nitrogens with zero attached hydrogens (tertiary/aromatic N) is 2. The molecule has 2 heterocycles. The molecule has 3 nitrogen and oxygen atoms in total. The molecule has 1 aromatic carbocycles. The first-order valence-corrected chi connectivity index (χ1v) is 10.4. The second-order valence-corrected chi connectivity index (χ2v) is 8.63. The van der Waals surface area contributed by atoms with Crippen molar-refractivity contribution in [2.24, 2.45) is 5.92 Å². The van der Waals surface area contributed by atoms with Gasteiger partial charge in [-0.3, -0.25) is 9.36 Å². The fraction of sp³-hybridized carbons (Fsp3) is 0.500. The van der Waals surface area contributed by atoms with Crippen molar-refractivity contribution in [1.29, 1.82) is 0 Å². The SMILES string of the molecule is CC1CSc2c1nc(C1CCC(C(F)(F)F)CC1)n(-c1ccc(F)cc1)c2=O. The van der Waals surface area contributed by atoms with Gasteiger partial charge in [0.05, 0.1) is 22.2 Å². The maximum absolute atomic E-state index is 13.4. The van der Waals surface area contributed by atoms with Crippen LogP contribution in [0.1, 0.15) is 56.0 Å². The van der Waals surface area contributed by atoms with Crippen molar-refractivity contribution >= 4 is 11.8 Å². The summed E-state index contributed by atoms with van der Waals surface area (Å²) in [5.74, 6) is -0.545. The minimum atomic E-state index is -4.18. The number of thioether (sulfide) groups is 1. The summed E-state index contributed by atoms with van der Waals surface area (Å²) in [5.41, 5.74) is 1.02. The minimum Gasteiger partial charge on any atom is -0.268 e. The Morgan fingerprint density at radius 2 is 1.75 bits per heavy atom. The lowest BCUT2D eigenvalue weighted by atomic mass is 9.81. The number of halogens is 4. The highest BCUT2D eigenvalue weighted by Crippen LogP contribution is 2.44. The van der Waals surface area contributed by atoms with Crippen molar-refractivity contribution in [3.05, 3.63) is 52.0 Å². The lowest BCUT2D eigenvalue weighted by molar-refractivity contribution is -0.182. The van der Waals surface area contributed by atoms with Crippen LogP contribution in [0.25, 0.3) is 5.69 Å². The lowest BCUT2D eigenvalue weighted by Gasteiger charge is -2.31. The first kappa shape index (κ1) is 19.5. The zero-order valence-corrected chi connectivity index (χ0v) is 16.1. The second-order valence-electron chi connectivity index (χ2n) is 7.60. The number of hydrogen-bond acceptors (Lipinski definition) is 3. The van der Waals surface area contributed by atoms with Crippen LogP contribution in [0.5, 0.6) is 0 Å². The summed E-state index contributed by atoms with van der Waals surface area (Å²) in [6.07, 6.45) is -3.45. The van der Waals surface area contributed by atoms with Gasteiger partial charge in [0, 0.05) is 17.6 Å². The van der Waals surface area contributed by atoms with Gasteiger partial charge in [0.15, 0.2) is 0 Å². The van der Waals surface area contributed by atoms with Crippen molar-refractivity contribution < 1.29 is 17.6 Å². The van der Waals surface area contributed by atoms with Crippen LogP contribution >= 0.6 is 11.8 Å². The van der Waals surface area contributed by atoms with Gasteiger partial charge in [0.1, 0.15) is 11.6 Å². The molecule has 2 aromatic rings. The Kier molecular flexibility index (Phi) is 5.02. The van der Waals surface area contributed by atoms with E-state index in [1.54, 1.807) is 0 Å². The van der Waals surface area contributed by atoms with Crippen LogP contribution < -0.4 is 5.56 Å². The smallest absolute Gasteiger partial charge is 0.268 e. The summed E-state index contributed by atoms with van der Waals surface area (Å²) in [4.78, 5) is 18.6. The molecule has 1 saturated carbocycles. The van der Waals surface area contributed by atoms with Gasteiger partial charge in [-0.1, -0.05) is 6.92 Å². The predicted molar refractivity (Wildman–Crippen MR) is 99.7 cm³/mol. The first-order chi connectivity index (χ1) is 13.3. The highest BCUT2D eigenvalue weighted by atomic mass is 32.2. The monoisotopic (exact) mass is 412 g/mol. The molecule has 0 radical (unpaired) electrons. The molecule has 8 heteroatoms. The van der Waals surface area contributed by atoms with E-state index in [1.807, 2.05) is 6.92 Å². The van der Waals surface area contributed by atoms with Gasteiger partial charge in [-0.15, -0.1) is 11.8 Å². The second kappa shape index (κ2) is 7.21. The molecule has 0 bridgehead atoms. The molecule has 0 spiro atoms. The van der Waals surface area contributed by atoms with Crippen LogP contribution in [0.3, 0.4) is 0 Å². The largest absolute Gasteiger partial charge is 0.391 e. The zero-order valence-electron chi connectivity index (χ0n) is 15.3. The maximum atomic E-state index is 13.4.